The molecule has 4 rings (SSSR count). The van der Waals surface area contributed by atoms with E-state index in [1.165, 1.54) is 0 Å². The molecule has 152 valence electrons. The molecule has 0 radical (unpaired) electrons. The zero-order chi connectivity index (χ0) is 21.3. The predicted molar refractivity (Wildman–Crippen MR) is 118 cm³/mol. The van der Waals surface area contributed by atoms with Crippen LogP contribution in [0.3, 0.4) is 0 Å². The van der Waals surface area contributed by atoms with Gasteiger partial charge in [0, 0.05) is 11.4 Å². The van der Waals surface area contributed by atoms with Crippen molar-refractivity contribution in [1.82, 2.24) is 0 Å². The Labute approximate surface area is 176 Å². The van der Waals surface area contributed by atoms with Gasteiger partial charge in [-0.15, -0.1) is 0 Å². The maximum atomic E-state index is 13.7. The summed E-state index contributed by atoms with van der Waals surface area (Å²) in [6.07, 6.45) is 0. The molecule has 0 unspecified atom stereocenters. The van der Waals surface area contributed by atoms with E-state index in [0.717, 1.165) is 22.4 Å². The van der Waals surface area contributed by atoms with E-state index in [2.05, 4.69) is 0 Å². The lowest BCUT2D eigenvalue weighted by atomic mass is 9.99. The molecule has 0 aromatic heterocycles. The van der Waals surface area contributed by atoms with Crippen molar-refractivity contribution >= 4 is 23.2 Å². The maximum Gasteiger partial charge on any atom is 0.255 e. The van der Waals surface area contributed by atoms with Gasteiger partial charge < -0.3 is 9.64 Å². The number of carbonyl (C=O) groups is 2. The molecule has 1 heterocycles. The van der Waals surface area contributed by atoms with E-state index in [4.69, 9.17) is 4.74 Å². The minimum absolute atomic E-state index is 0.00328. The number of methoxy groups -OCH3 is 1. The summed E-state index contributed by atoms with van der Waals surface area (Å²) in [4.78, 5) is 30.2. The molecule has 0 aliphatic carbocycles. The van der Waals surface area contributed by atoms with Crippen LogP contribution in [-0.2, 0) is 9.59 Å². The molecule has 3 aromatic carbocycles. The second-order valence-corrected chi connectivity index (χ2v) is 7.47. The molecular weight excluding hydrogens is 376 g/mol. The molecule has 30 heavy (non-hydrogen) atoms. The average molecular weight is 400 g/mol. The molecule has 0 N–H and O–H groups in total. The number of piperazine rings is 1. The molecule has 5 nitrogen and oxygen atoms in total. The number of carbonyl (C=O) groups excluding carboxylic acids is 2. The third-order valence-electron chi connectivity index (χ3n) is 5.59. The summed E-state index contributed by atoms with van der Waals surface area (Å²) < 4.78 is 5.23. The van der Waals surface area contributed by atoms with E-state index in [-0.39, 0.29) is 18.4 Å². The number of aryl methyl sites for hydroxylation is 2. The molecule has 0 spiro atoms. The zero-order valence-electron chi connectivity index (χ0n) is 17.3. The van der Waals surface area contributed by atoms with Crippen molar-refractivity contribution in [2.45, 2.75) is 19.9 Å². The first-order valence-electron chi connectivity index (χ1n) is 9.89. The third-order valence-corrected chi connectivity index (χ3v) is 5.59. The summed E-state index contributed by atoms with van der Waals surface area (Å²) in [6, 6.07) is 21.8. The largest absolute Gasteiger partial charge is 0.497 e. The Hall–Kier alpha value is -3.60. The Morgan fingerprint density at radius 1 is 0.833 bits per heavy atom. The van der Waals surface area contributed by atoms with Crippen molar-refractivity contribution in [3.8, 4) is 5.75 Å². The van der Waals surface area contributed by atoms with E-state index in [1.54, 1.807) is 29.0 Å². The first-order valence-corrected chi connectivity index (χ1v) is 9.89. The summed E-state index contributed by atoms with van der Waals surface area (Å²) in [6.45, 7) is 4.03. The van der Waals surface area contributed by atoms with Gasteiger partial charge in [0.15, 0.2) is 0 Å². The van der Waals surface area contributed by atoms with Crippen LogP contribution >= 0.6 is 0 Å². The first kappa shape index (κ1) is 19.7. The van der Waals surface area contributed by atoms with E-state index in [1.807, 2.05) is 74.5 Å². The van der Waals surface area contributed by atoms with Gasteiger partial charge in [0.25, 0.3) is 5.91 Å². The normalized spacial score (nSPS) is 16.7. The fourth-order valence-corrected chi connectivity index (χ4v) is 3.77. The number of hydrogen-bond donors (Lipinski definition) is 0. The fourth-order valence-electron chi connectivity index (χ4n) is 3.77. The first-order chi connectivity index (χ1) is 14.5. The summed E-state index contributed by atoms with van der Waals surface area (Å²) in [5.74, 6) is 0.439. The molecule has 0 saturated carbocycles. The van der Waals surface area contributed by atoms with Gasteiger partial charge in [0.1, 0.15) is 18.3 Å². The van der Waals surface area contributed by atoms with Crippen molar-refractivity contribution in [2.24, 2.45) is 0 Å². The van der Waals surface area contributed by atoms with Crippen molar-refractivity contribution in [1.29, 1.82) is 0 Å². The molecule has 1 saturated heterocycles. The second kappa shape index (κ2) is 8.03. The highest BCUT2D eigenvalue weighted by molar-refractivity contribution is 6.14. The number of rotatable bonds is 4. The molecule has 2 amide bonds. The number of anilines is 2. The Morgan fingerprint density at radius 3 is 2.13 bits per heavy atom. The molecule has 5 heteroatoms. The highest BCUT2D eigenvalue weighted by Gasteiger charge is 2.41. The lowest BCUT2D eigenvalue weighted by Gasteiger charge is -2.40. The summed E-state index contributed by atoms with van der Waals surface area (Å²) >= 11 is 0. The van der Waals surface area contributed by atoms with E-state index < -0.39 is 6.04 Å². The lowest BCUT2D eigenvalue weighted by Crippen LogP contribution is -2.56. The minimum Gasteiger partial charge on any atom is -0.497 e. The number of ether oxygens (including phenoxy) is 1. The average Bonchev–Trinajstić information content (AvgIpc) is 2.77. The Morgan fingerprint density at radius 2 is 1.50 bits per heavy atom. The van der Waals surface area contributed by atoms with Crippen LogP contribution in [0.2, 0.25) is 0 Å². The number of amides is 2. The topological polar surface area (TPSA) is 49.9 Å². The number of nitrogens with zero attached hydrogens (tertiary/aromatic N) is 2. The molecule has 1 atom stereocenters. The van der Waals surface area contributed by atoms with Gasteiger partial charge in [-0.2, -0.15) is 0 Å². The Kier molecular flexibility index (Phi) is 5.27. The standard InChI is InChI=1S/C25H24N2O3/c1-17-9-10-21(15-18(17)2)26-16-23(28)27(20-11-13-22(30-3)14-12-20)24(25(26)29)19-7-5-4-6-8-19/h4-15,24H,16H2,1-3H3/t24-/m1/s1. The molecule has 1 aliphatic heterocycles. The summed E-state index contributed by atoms with van der Waals surface area (Å²) in [5, 5.41) is 0. The summed E-state index contributed by atoms with van der Waals surface area (Å²) in [5.41, 5.74) is 4.42. The second-order valence-electron chi connectivity index (χ2n) is 7.47. The highest BCUT2D eigenvalue weighted by atomic mass is 16.5. The maximum absolute atomic E-state index is 13.7. The number of hydrogen-bond acceptors (Lipinski definition) is 3. The monoisotopic (exact) mass is 400 g/mol. The molecule has 1 fully saturated rings. The molecule has 3 aromatic rings. The van der Waals surface area contributed by atoms with Crippen LogP contribution in [0.25, 0.3) is 0 Å². The van der Waals surface area contributed by atoms with Gasteiger partial charge >= 0.3 is 0 Å². The van der Waals surface area contributed by atoms with Gasteiger partial charge in [-0.1, -0.05) is 36.4 Å². The van der Waals surface area contributed by atoms with Crippen LogP contribution in [0.15, 0.2) is 72.8 Å². The smallest absolute Gasteiger partial charge is 0.255 e. The van der Waals surface area contributed by atoms with E-state index >= 15 is 0 Å². The van der Waals surface area contributed by atoms with E-state index in [9.17, 15) is 9.59 Å². The van der Waals surface area contributed by atoms with Crippen molar-refractivity contribution in [2.75, 3.05) is 23.5 Å². The zero-order valence-corrected chi connectivity index (χ0v) is 17.3. The third kappa shape index (κ3) is 3.54. The van der Waals surface area contributed by atoms with Crippen LogP contribution < -0.4 is 14.5 Å². The lowest BCUT2D eigenvalue weighted by molar-refractivity contribution is -0.128. The van der Waals surface area contributed by atoms with Gasteiger partial charge in [-0.25, -0.2) is 0 Å². The highest BCUT2D eigenvalue weighted by Crippen LogP contribution is 2.35. The van der Waals surface area contributed by atoms with Crippen LogP contribution in [-0.4, -0.2) is 25.5 Å². The predicted octanol–water partition coefficient (Wildman–Crippen LogP) is 4.43. The van der Waals surface area contributed by atoms with Gasteiger partial charge in [0.05, 0.1) is 7.11 Å². The van der Waals surface area contributed by atoms with Crippen LogP contribution in [0.5, 0.6) is 5.75 Å². The van der Waals surface area contributed by atoms with Crippen molar-refractivity contribution in [3.63, 3.8) is 0 Å². The molecular formula is C25H24N2O3. The van der Waals surface area contributed by atoms with Crippen LogP contribution in [0.1, 0.15) is 22.7 Å². The van der Waals surface area contributed by atoms with Gasteiger partial charge in [-0.05, 0) is 66.9 Å². The molecule has 1 aliphatic rings. The molecule has 0 bridgehead atoms. The quantitative estimate of drug-likeness (QED) is 0.651. The Bertz CT molecular complexity index is 1080. The van der Waals surface area contributed by atoms with Gasteiger partial charge in [-0.3, -0.25) is 14.5 Å². The van der Waals surface area contributed by atoms with Crippen LogP contribution in [0, 0.1) is 13.8 Å². The van der Waals surface area contributed by atoms with Crippen LogP contribution in [0.4, 0.5) is 11.4 Å². The fraction of sp³-hybridized carbons (Fsp3) is 0.200. The Balaban J connectivity index is 1.79. The number of benzene rings is 3. The van der Waals surface area contributed by atoms with Crippen molar-refractivity contribution < 1.29 is 14.3 Å². The SMILES string of the molecule is COc1ccc(N2C(=O)CN(c3ccc(C)c(C)c3)C(=O)[C@H]2c2ccccc2)cc1. The van der Waals surface area contributed by atoms with E-state index in [0.29, 0.717) is 11.4 Å². The summed E-state index contributed by atoms with van der Waals surface area (Å²) in [7, 11) is 1.60. The minimum atomic E-state index is -0.734. The van der Waals surface area contributed by atoms with Crippen molar-refractivity contribution in [3.05, 3.63) is 89.5 Å². The van der Waals surface area contributed by atoms with Gasteiger partial charge in [0.2, 0.25) is 5.91 Å².